The van der Waals surface area contributed by atoms with Crippen LogP contribution in [0, 0.1) is 0 Å². The number of aromatic carboxylic acids is 1. The van der Waals surface area contributed by atoms with E-state index in [1.54, 1.807) is 30.3 Å². The van der Waals surface area contributed by atoms with E-state index in [4.69, 9.17) is 19.7 Å². The van der Waals surface area contributed by atoms with E-state index in [0.717, 1.165) is 11.1 Å². The number of carbonyl (C=O) groups excluding carboxylic acids is 1. The number of hydrogen-bond acceptors (Lipinski definition) is 5. The Morgan fingerprint density at radius 3 is 1.68 bits per heavy atom. The van der Waals surface area contributed by atoms with Gasteiger partial charge in [-0.3, -0.25) is 0 Å². The van der Waals surface area contributed by atoms with Crippen LogP contribution in [0.5, 0.6) is 11.5 Å². The molecule has 6 heteroatoms. The van der Waals surface area contributed by atoms with Crippen LogP contribution in [0.25, 0.3) is 0 Å². The quantitative estimate of drug-likeness (QED) is 0.346. The normalized spacial score (nSPS) is 9.88. The highest BCUT2D eigenvalue weighted by molar-refractivity contribution is 5.92. The maximum atomic E-state index is 12.3. The maximum absolute atomic E-state index is 12.3. The number of carboxylic acid groups (broad SMARTS) is 1. The maximum Gasteiger partial charge on any atom is 0.342 e. The van der Waals surface area contributed by atoms with Crippen LogP contribution < -0.4 is 4.74 Å². The number of hydrogen-bond donors (Lipinski definition) is 2. The van der Waals surface area contributed by atoms with Gasteiger partial charge >= 0.3 is 11.9 Å². The molecule has 0 unspecified atom stereocenters. The fourth-order valence-corrected chi connectivity index (χ4v) is 2.95. The van der Waals surface area contributed by atoms with Crippen LogP contribution in [0.2, 0.25) is 0 Å². The van der Waals surface area contributed by atoms with Crippen molar-refractivity contribution in [1.82, 2.24) is 0 Å². The molecule has 0 bridgehead atoms. The molecule has 0 aliphatic rings. The first-order valence-corrected chi connectivity index (χ1v) is 10.5. The van der Waals surface area contributed by atoms with Gasteiger partial charge in [-0.1, -0.05) is 84.9 Å². The van der Waals surface area contributed by atoms with Crippen LogP contribution in [0.15, 0.2) is 109 Å². The highest BCUT2D eigenvalue weighted by Crippen LogP contribution is 2.21. The second-order valence-corrected chi connectivity index (χ2v) is 7.15. The first-order valence-electron chi connectivity index (χ1n) is 10.5. The molecule has 0 aliphatic heterocycles. The summed E-state index contributed by atoms with van der Waals surface area (Å²) in [5.41, 5.74) is 2.37. The molecule has 2 N–H and O–H groups in total. The molecule has 0 heterocycles. The summed E-state index contributed by atoms with van der Waals surface area (Å²) in [6.45, 7) is 0.649. The molecule has 0 spiro atoms. The second kappa shape index (κ2) is 12.5. The molecule has 0 aliphatic carbocycles. The fourth-order valence-electron chi connectivity index (χ4n) is 2.95. The number of phenols is 1. The van der Waals surface area contributed by atoms with E-state index in [-0.39, 0.29) is 23.9 Å². The Kier molecular flexibility index (Phi) is 8.82. The molecule has 0 saturated heterocycles. The number of ether oxygens (including phenoxy) is 2. The lowest BCUT2D eigenvalue weighted by atomic mass is 10.2. The molecular formula is C28H24O6. The molecular weight excluding hydrogens is 432 g/mol. The van der Waals surface area contributed by atoms with Crippen LogP contribution >= 0.6 is 0 Å². The molecule has 6 nitrogen and oxygen atoms in total. The van der Waals surface area contributed by atoms with Gasteiger partial charge in [0.05, 0.1) is 0 Å². The van der Waals surface area contributed by atoms with Crippen molar-refractivity contribution in [2.24, 2.45) is 0 Å². The fraction of sp³-hybridized carbons (Fsp3) is 0.0714. The number of esters is 1. The zero-order chi connectivity index (χ0) is 24.2. The van der Waals surface area contributed by atoms with Crippen LogP contribution in [0.4, 0.5) is 0 Å². The molecule has 0 atom stereocenters. The van der Waals surface area contributed by atoms with Crippen molar-refractivity contribution in [2.75, 3.05) is 0 Å². The first kappa shape index (κ1) is 24.1. The van der Waals surface area contributed by atoms with Crippen molar-refractivity contribution < 1.29 is 29.3 Å². The molecule has 172 valence electrons. The van der Waals surface area contributed by atoms with E-state index in [1.807, 2.05) is 66.7 Å². The van der Waals surface area contributed by atoms with Gasteiger partial charge < -0.3 is 19.7 Å². The van der Waals surface area contributed by atoms with Gasteiger partial charge in [-0.2, -0.15) is 0 Å². The van der Waals surface area contributed by atoms with Crippen molar-refractivity contribution in [3.05, 3.63) is 131 Å². The minimum atomic E-state index is -1.11. The summed E-state index contributed by atoms with van der Waals surface area (Å²) in [5, 5.41) is 17.3. The third-order valence-corrected chi connectivity index (χ3v) is 4.69. The largest absolute Gasteiger partial charge is 0.507 e. The summed E-state index contributed by atoms with van der Waals surface area (Å²) in [4.78, 5) is 22.6. The van der Waals surface area contributed by atoms with Gasteiger partial charge in [-0.15, -0.1) is 0 Å². The Balaban J connectivity index is 0.000000271. The van der Waals surface area contributed by atoms with E-state index >= 15 is 0 Å². The molecule has 4 rings (SSSR count). The molecule has 0 fully saturated rings. The number of benzene rings is 4. The van der Waals surface area contributed by atoms with Crippen LogP contribution in [0.3, 0.4) is 0 Å². The second-order valence-electron chi connectivity index (χ2n) is 7.15. The summed E-state index contributed by atoms with van der Waals surface area (Å²) < 4.78 is 11.2. The zero-order valence-electron chi connectivity index (χ0n) is 18.3. The molecule has 0 amide bonds. The SMILES string of the molecule is O=C(O)c1ccccc1O.O=C(OCc1ccccc1)c1ccccc1OCc1ccccc1. The summed E-state index contributed by atoms with van der Waals surface area (Å²) in [7, 11) is 0. The molecule has 0 saturated carbocycles. The number of aromatic hydroxyl groups is 1. The van der Waals surface area contributed by atoms with Crippen LogP contribution in [-0.4, -0.2) is 22.2 Å². The van der Waals surface area contributed by atoms with E-state index in [2.05, 4.69) is 0 Å². The predicted octanol–water partition coefficient (Wildman–Crippen LogP) is 5.71. The Morgan fingerprint density at radius 2 is 1.12 bits per heavy atom. The molecule has 0 aromatic heterocycles. The van der Waals surface area contributed by atoms with E-state index in [1.165, 1.54) is 12.1 Å². The third-order valence-electron chi connectivity index (χ3n) is 4.69. The smallest absolute Gasteiger partial charge is 0.342 e. The van der Waals surface area contributed by atoms with Gasteiger partial charge in [0, 0.05) is 0 Å². The summed E-state index contributed by atoms with van der Waals surface area (Å²) in [5.74, 6) is -1.17. The van der Waals surface area contributed by atoms with Crippen molar-refractivity contribution in [1.29, 1.82) is 0 Å². The molecule has 0 radical (unpaired) electrons. The van der Waals surface area contributed by atoms with Crippen molar-refractivity contribution in [3.63, 3.8) is 0 Å². The Morgan fingerprint density at radius 1 is 0.618 bits per heavy atom. The van der Waals surface area contributed by atoms with Gasteiger partial charge in [0.1, 0.15) is 35.8 Å². The Labute approximate surface area is 197 Å². The van der Waals surface area contributed by atoms with Gasteiger partial charge in [0.25, 0.3) is 0 Å². The lowest BCUT2D eigenvalue weighted by Gasteiger charge is -2.11. The Bertz CT molecular complexity index is 1210. The number of carbonyl (C=O) groups is 2. The minimum Gasteiger partial charge on any atom is -0.507 e. The Hall–Kier alpha value is -4.58. The van der Waals surface area contributed by atoms with Gasteiger partial charge in [-0.25, -0.2) is 9.59 Å². The summed E-state index contributed by atoms with van der Waals surface area (Å²) >= 11 is 0. The standard InChI is InChI=1S/C21H18O3.C7H6O3/c22-21(24-16-18-11-5-2-6-12-18)19-13-7-8-14-20(19)23-15-17-9-3-1-4-10-17;8-6-4-2-1-3-5(6)7(9)10/h1-14H,15-16H2;1-4,8H,(H,9,10). The van der Waals surface area contributed by atoms with Crippen LogP contribution in [0.1, 0.15) is 31.8 Å². The minimum absolute atomic E-state index is 0.0671. The van der Waals surface area contributed by atoms with Gasteiger partial charge in [0.15, 0.2) is 0 Å². The lowest BCUT2D eigenvalue weighted by Crippen LogP contribution is -2.08. The molecule has 4 aromatic carbocycles. The average molecular weight is 456 g/mol. The third kappa shape index (κ3) is 7.24. The first-order chi connectivity index (χ1) is 16.5. The summed E-state index contributed by atoms with van der Waals surface area (Å²) in [6, 6.07) is 32.4. The monoisotopic (exact) mass is 456 g/mol. The molecule has 34 heavy (non-hydrogen) atoms. The summed E-state index contributed by atoms with van der Waals surface area (Å²) in [6.07, 6.45) is 0. The van der Waals surface area contributed by atoms with Gasteiger partial charge in [-0.05, 0) is 35.4 Å². The number of carboxylic acids is 1. The average Bonchev–Trinajstić information content (AvgIpc) is 2.88. The van der Waals surface area contributed by atoms with Crippen molar-refractivity contribution in [2.45, 2.75) is 13.2 Å². The number of para-hydroxylation sites is 2. The van der Waals surface area contributed by atoms with Gasteiger partial charge in [0.2, 0.25) is 0 Å². The van der Waals surface area contributed by atoms with Crippen molar-refractivity contribution >= 4 is 11.9 Å². The van der Waals surface area contributed by atoms with E-state index in [9.17, 15) is 9.59 Å². The van der Waals surface area contributed by atoms with E-state index in [0.29, 0.717) is 17.9 Å². The topological polar surface area (TPSA) is 93.1 Å². The zero-order valence-corrected chi connectivity index (χ0v) is 18.3. The molecule has 4 aromatic rings. The highest BCUT2D eigenvalue weighted by atomic mass is 16.5. The van der Waals surface area contributed by atoms with Crippen LogP contribution in [-0.2, 0) is 18.0 Å². The highest BCUT2D eigenvalue weighted by Gasteiger charge is 2.14. The van der Waals surface area contributed by atoms with Crippen molar-refractivity contribution in [3.8, 4) is 11.5 Å². The van der Waals surface area contributed by atoms with E-state index < -0.39 is 5.97 Å². The predicted molar refractivity (Wildman–Crippen MR) is 128 cm³/mol. The number of rotatable bonds is 7. The lowest BCUT2D eigenvalue weighted by molar-refractivity contribution is 0.0467.